The molecule has 6 nitrogen and oxygen atoms in total. The summed E-state index contributed by atoms with van der Waals surface area (Å²) in [5.74, 6) is 1.35. The van der Waals surface area contributed by atoms with Crippen LogP contribution in [0, 0.1) is 0 Å². The van der Waals surface area contributed by atoms with Crippen LogP contribution in [0.15, 0.2) is 41.8 Å². The van der Waals surface area contributed by atoms with E-state index in [1.165, 1.54) is 11.3 Å². The van der Waals surface area contributed by atoms with E-state index >= 15 is 0 Å². The van der Waals surface area contributed by atoms with Crippen LogP contribution in [0.4, 0.5) is 0 Å². The number of thiophene rings is 1. The molecular weight excluding hydrogens is 364 g/mol. The molecule has 0 spiro atoms. The number of nitrogens with one attached hydrogen (secondary N) is 1. The maximum Gasteiger partial charge on any atom is 0.264 e. The number of hydrogen-bond donors (Lipinski definition) is 1. The van der Waals surface area contributed by atoms with E-state index in [0.717, 1.165) is 17.9 Å². The predicted octanol–water partition coefficient (Wildman–Crippen LogP) is 2.95. The molecular formula is C20H24N2O4S. The molecule has 1 N–H and O–H groups in total. The minimum Gasteiger partial charge on any atom is -0.494 e. The lowest BCUT2D eigenvalue weighted by Crippen LogP contribution is -2.46. The maximum absolute atomic E-state index is 12.5. The first-order valence-electron chi connectivity index (χ1n) is 9.17. The Morgan fingerprint density at radius 2 is 1.93 bits per heavy atom. The maximum atomic E-state index is 12.5. The van der Waals surface area contributed by atoms with Crippen molar-refractivity contribution in [3.8, 4) is 11.5 Å². The molecule has 0 radical (unpaired) electrons. The molecule has 0 aliphatic carbocycles. The van der Waals surface area contributed by atoms with Gasteiger partial charge in [0, 0.05) is 6.54 Å². The highest BCUT2D eigenvalue weighted by atomic mass is 32.1. The summed E-state index contributed by atoms with van der Waals surface area (Å²) in [4.78, 5) is 27.4. The van der Waals surface area contributed by atoms with Gasteiger partial charge in [-0.05, 0) is 55.5 Å². The average molecular weight is 388 g/mol. The number of benzene rings is 1. The lowest BCUT2D eigenvalue weighted by molar-refractivity contribution is -0.124. The van der Waals surface area contributed by atoms with Crippen LogP contribution in [0.25, 0.3) is 0 Å². The molecule has 2 amide bonds. The molecule has 3 rings (SSSR count). The summed E-state index contributed by atoms with van der Waals surface area (Å²) in [5.41, 5.74) is 0. The van der Waals surface area contributed by atoms with Crippen LogP contribution in [-0.2, 0) is 4.79 Å². The molecule has 0 bridgehead atoms. The van der Waals surface area contributed by atoms with E-state index in [4.69, 9.17) is 9.47 Å². The van der Waals surface area contributed by atoms with E-state index < -0.39 is 6.04 Å². The lowest BCUT2D eigenvalue weighted by atomic mass is 10.2. The molecule has 1 fully saturated rings. The largest absolute Gasteiger partial charge is 0.494 e. The summed E-state index contributed by atoms with van der Waals surface area (Å²) in [7, 11) is 0. The third kappa shape index (κ3) is 5.01. The molecule has 0 saturated carbocycles. The van der Waals surface area contributed by atoms with Crippen LogP contribution in [-0.4, -0.2) is 49.1 Å². The molecule has 27 heavy (non-hydrogen) atoms. The van der Waals surface area contributed by atoms with E-state index in [0.29, 0.717) is 37.6 Å². The number of likely N-dealkylation sites (tertiary alicyclic amines) is 1. The Morgan fingerprint density at radius 1 is 1.19 bits per heavy atom. The summed E-state index contributed by atoms with van der Waals surface area (Å²) in [6, 6.07) is 10.6. The fraction of sp³-hybridized carbons (Fsp3) is 0.400. The number of hydrogen-bond acceptors (Lipinski definition) is 5. The summed E-state index contributed by atoms with van der Waals surface area (Å²) < 4.78 is 11.0. The zero-order chi connectivity index (χ0) is 19.1. The molecule has 1 unspecified atom stereocenters. The van der Waals surface area contributed by atoms with Crippen LogP contribution in [0.3, 0.4) is 0 Å². The molecule has 1 saturated heterocycles. The normalized spacial score (nSPS) is 16.2. The molecule has 1 aliphatic heterocycles. The topological polar surface area (TPSA) is 67.9 Å². The standard InChI is InChI=1S/C20H24N2O4S/c1-2-25-15-7-9-16(10-8-15)26-13-11-21-19(23)17-5-3-12-22(17)20(24)18-6-4-14-27-18/h4,6-10,14,17H,2-3,5,11-13H2,1H3,(H,21,23). The fourth-order valence-electron chi connectivity index (χ4n) is 3.08. The van der Waals surface area contributed by atoms with E-state index in [1.807, 2.05) is 42.6 Å². The highest BCUT2D eigenvalue weighted by Gasteiger charge is 2.34. The first kappa shape index (κ1) is 19.2. The second kappa shape index (κ2) is 9.41. The average Bonchev–Trinajstić information content (AvgIpc) is 3.38. The van der Waals surface area contributed by atoms with Gasteiger partial charge in [-0.2, -0.15) is 0 Å². The predicted molar refractivity (Wildman–Crippen MR) is 104 cm³/mol. The van der Waals surface area contributed by atoms with Crippen molar-refractivity contribution in [2.24, 2.45) is 0 Å². The molecule has 144 valence electrons. The SMILES string of the molecule is CCOc1ccc(OCCNC(=O)C2CCCN2C(=O)c2cccs2)cc1. The summed E-state index contributed by atoms with van der Waals surface area (Å²) in [5, 5.41) is 4.75. The van der Waals surface area contributed by atoms with Gasteiger partial charge in [-0.3, -0.25) is 9.59 Å². The molecule has 7 heteroatoms. The highest BCUT2D eigenvalue weighted by molar-refractivity contribution is 7.12. The van der Waals surface area contributed by atoms with Crippen molar-refractivity contribution in [1.82, 2.24) is 10.2 Å². The second-order valence-electron chi connectivity index (χ2n) is 6.18. The molecule has 1 atom stereocenters. The Labute approximate surface area is 163 Å². The monoisotopic (exact) mass is 388 g/mol. The van der Waals surface area contributed by atoms with Crippen LogP contribution in [0.2, 0.25) is 0 Å². The van der Waals surface area contributed by atoms with Gasteiger partial charge in [-0.1, -0.05) is 6.07 Å². The quantitative estimate of drug-likeness (QED) is 0.706. The minimum absolute atomic E-state index is 0.0618. The van der Waals surface area contributed by atoms with Gasteiger partial charge in [0.1, 0.15) is 24.1 Å². The minimum atomic E-state index is -0.398. The number of carbonyl (C=O) groups excluding carboxylic acids is 2. The van der Waals surface area contributed by atoms with Gasteiger partial charge in [0.25, 0.3) is 5.91 Å². The molecule has 1 aromatic carbocycles. The van der Waals surface area contributed by atoms with Gasteiger partial charge in [0.15, 0.2) is 0 Å². The van der Waals surface area contributed by atoms with E-state index in [-0.39, 0.29) is 11.8 Å². The van der Waals surface area contributed by atoms with E-state index in [1.54, 1.807) is 11.0 Å². The molecule has 2 heterocycles. The zero-order valence-electron chi connectivity index (χ0n) is 15.3. The van der Waals surface area contributed by atoms with E-state index in [9.17, 15) is 9.59 Å². The Morgan fingerprint density at radius 3 is 2.59 bits per heavy atom. The number of carbonyl (C=O) groups is 2. The van der Waals surface area contributed by atoms with Crippen molar-refractivity contribution in [3.05, 3.63) is 46.7 Å². The third-order valence-electron chi connectivity index (χ3n) is 4.35. The summed E-state index contributed by atoms with van der Waals surface area (Å²) in [6.45, 7) is 3.94. The highest BCUT2D eigenvalue weighted by Crippen LogP contribution is 2.22. The van der Waals surface area contributed by atoms with Gasteiger partial charge in [-0.15, -0.1) is 11.3 Å². The first-order valence-corrected chi connectivity index (χ1v) is 10.0. The number of amides is 2. The van der Waals surface area contributed by atoms with Crippen LogP contribution < -0.4 is 14.8 Å². The Bertz CT molecular complexity index is 746. The molecule has 2 aromatic rings. The third-order valence-corrected chi connectivity index (χ3v) is 5.21. The van der Waals surface area contributed by atoms with E-state index in [2.05, 4.69) is 5.32 Å². The molecule has 1 aliphatic rings. The smallest absolute Gasteiger partial charge is 0.264 e. The van der Waals surface area contributed by atoms with Crippen molar-refractivity contribution < 1.29 is 19.1 Å². The van der Waals surface area contributed by atoms with Crippen LogP contribution >= 0.6 is 11.3 Å². The Hall–Kier alpha value is -2.54. The van der Waals surface area contributed by atoms with Gasteiger partial charge in [0.2, 0.25) is 5.91 Å². The summed E-state index contributed by atoms with van der Waals surface area (Å²) in [6.07, 6.45) is 1.54. The van der Waals surface area contributed by atoms with Gasteiger partial charge in [-0.25, -0.2) is 0 Å². The van der Waals surface area contributed by atoms with Gasteiger partial charge in [0.05, 0.1) is 18.0 Å². The van der Waals surface area contributed by atoms with Gasteiger partial charge >= 0.3 is 0 Å². The number of ether oxygens (including phenoxy) is 2. The number of nitrogens with zero attached hydrogens (tertiary/aromatic N) is 1. The van der Waals surface area contributed by atoms with Crippen LogP contribution in [0.1, 0.15) is 29.4 Å². The lowest BCUT2D eigenvalue weighted by Gasteiger charge is -2.23. The first-order chi connectivity index (χ1) is 13.2. The van der Waals surface area contributed by atoms with Crippen molar-refractivity contribution >= 4 is 23.2 Å². The second-order valence-corrected chi connectivity index (χ2v) is 7.13. The fourth-order valence-corrected chi connectivity index (χ4v) is 3.76. The zero-order valence-corrected chi connectivity index (χ0v) is 16.2. The van der Waals surface area contributed by atoms with Crippen LogP contribution in [0.5, 0.6) is 11.5 Å². The Kier molecular flexibility index (Phi) is 6.70. The summed E-state index contributed by atoms with van der Waals surface area (Å²) >= 11 is 1.40. The Balaban J connectivity index is 1.44. The van der Waals surface area contributed by atoms with Crippen molar-refractivity contribution in [2.75, 3.05) is 26.3 Å². The number of rotatable bonds is 8. The van der Waals surface area contributed by atoms with Crippen molar-refractivity contribution in [3.63, 3.8) is 0 Å². The van der Waals surface area contributed by atoms with Crippen molar-refractivity contribution in [1.29, 1.82) is 0 Å². The van der Waals surface area contributed by atoms with Gasteiger partial charge < -0.3 is 19.7 Å². The molecule has 1 aromatic heterocycles. The van der Waals surface area contributed by atoms with Crippen molar-refractivity contribution in [2.45, 2.75) is 25.8 Å².